The number of anilines is 1. The highest BCUT2D eigenvalue weighted by molar-refractivity contribution is 6.31. The van der Waals surface area contributed by atoms with Gasteiger partial charge in [-0.3, -0.25) is 9.59 Å². The Morgan fingerprint density at radius 1 is 1.11 bits per heavy atom. The molecular formula is C26H28ClN5O3. The molecule has 1 saturated heterocycles. The van der Waals surface area contributed by atoms with E-state index in [-0.39, 0.29) is 23.5 Å². The van der Waals surface area contributed by atoms with E-state index >= 15 is 0 Å². The van der Waals surface area contributed by atoms with Crippen LogP contribution >= 0.6 is 11.6 Å². The van der Waals surface area contributed by atoms with Gasteiger partial charge in [0.2, 0.25) is 0 Å². The van der Waals surface area contributed by atoms with Gasteiger partial charge in [-0.25, -0.2) is 0 Å². The van der Waals surface area contributed by atoms with Gasteiger partial charge in [0, 0.05) is 38.0 Å². The second-order valence-corrected chi connectivity index (χ2v) is 10.4. The molecule has 0 bridgehead atoms. The number of halogens is 1. The van der Waals surface area contributed by atoms with Gasteiger partial charge in [0.15, 0.2) is 11.5 Å². The van der Waals surface area contributed by atoms with Crippen molar-refractivity contribution >= 4 is 29.1 Å². The van der Waals surface area contributed by atoms with Crippen molar-refractivity contribution in [3.63, 3.8) is 0 Å². The summed E-state index contributed by atoms with van der Waals surface area (Å²) < 4.78 is 6.02. The second-order valence-electron chi connectivity index (χ2n) is 9.97. The first kappa shape index (κ1) is 23.6. The third kappa shape index (κ3) is 5.25. The Morgan fingerprint density at radius 2 is 1.86 bits per heavy atom. The van der Waals surface area contributed by atoms with Crippen LogP contribution in [0.2, 0.25) is 5.02 Å². The fraction of sp³-hybridized carbons (Fsp3) is 0.500. The van der Waals surface area contributed by atoms with Gasteiger partial charge in [0.1, 0.15) is 17.6 Å². The number of hydrogen-bond donors (Lipinski definition) is 1. The topological polar surface area (TPSA) is 108 Å². The molecule has 2 heterocycles. The lowest BCUT2D eigenvalue weighted by Crippen LogP contribution is -2.47. The molecular weight excluding hydrogens is 466 g/mol. The number of hydrogen-bond acceptors (Lipinski definition) is 7. The highest BCUT2D eigenvalue weighted by Crippen LogP contribution is 2.47. The van der Waals surface area contributed by atoms with E-state index in [2.05, 4.69) is 20.4 Å². The van der Waals surface area contributed by atoms with E-state index in [1.54, 1.807) is 24.3 Å². The summed E-state index contributed by atoms with van der Waals surface area (Å²) in [6.07, 6.45) is 6.76. The van der Waals surface area contributed by atoms with E-state index in [1.165, 1.54) is 0 Å². The zero-order chi connectivity index (χ0) is 24.4. The van der Waals surface area contributed by atoms with Gasteiger partial charge >= 0.3 is 0 Å². The first-order chi connectivity index (χ1) is 16.9. The number of nitriles is 1. The van der Waals surface area contributed by atoms with Crippen molar-refractivity contribution in [1.82, 2.24) is 15.5 Å². The number of nitrogens with one attached hydrogen (secondary N) is 1. The van der Waals surface area contributed by atoms with Crippen LogP contribution in [0.15, 0.2) is 30.3 Å². The monoisotopic (exact) mass is 493 g/mol. The number of benzene rings is 1. The molecule has 1 N–H and O–H groups in total. The predicted molar refractivity (Wildman–Crippen MR) is 130 cm³/mol. The maximum atomic E-state index is 12.7. The van der Waals surface area contributed by atoms with Gasteiger partial charge in [-0.15, -0.1) is 10.2 Å². The molecule has 0 unspecified atom stereocenters. The van der Waals surface area contributed by atoms with E-state index in [4.69, 9.17) is 21.6 Å². The van der Waals surface area contributed by atoms with Crippen molar-refractivity contribution in [1.29, 1.82) is 5.26 Å². The number of ether oxygens (including phenoxy) is 1. The van der Waals surface area contributed by atoms with Crippen molar-refractivity contribution in [2.45, 2.75) is 63.5 Å². The third-order valence-electron chi connectivity index (χ3n) is 7.55. The lowest BCUT2D eigenvalue weighted by atomic mass is 9.62. The molecule has 1 aliphatic heterocycles. The molecule has 1 amide bonds. The SMILES string of the molecule is N#Cc1ccc(OC2CCC(NC(=O)c3ccc(N4CCC5(CC4)CC(=O)C5)nn3)CC2)cc1Cl. The third-order valence-corrected chi connectivity index (χ3v) is 7.86. The molecule has 0 radical (unpaired) electrons. The first-order valence-corrected chi connectivity index (χ1v) is 12.6. The Bertz CT molecular complexity index is 1140. The lowest BCUT2D eigenvalue weighted by molar-refractivity contribution is -0.133. The van der Waals surface area contributed by atoms with Crippen LogP contribution in [0, 0.1) is 16.7 Å². The lowest BCUT2D eigenvalue weighted by Gasteiger charge is -2.46. The van der Waals surface area contributed by atoms with Crippen molar-refractivity contribution < 1.29 is 14.3 Å². The fourth-order valence-electron chi connectivity index (χ4n) is 5.40. The van der Waals surface area contributed by atoms with Gasteiger partial charge in [0.05, 0.1) is 16.7 Å². The van der Waals surface area contributed by atoms with Gasteiger partial charge < -0.3 is 15.0 Å². The molecule has 8 nitrogen and oxygen atoms in total. The van der Waals surface area contributed by atoms with Crippen molar-refractivity contribution in [3.05, 3.63) is 46.6 Å². The summed E-state index contributed by atoms with van der Waals surface area (Å²) >= 11 is 6.09. The van der Waals surface area contributed by atoms with Crippen molar-refractivity contribution in [3.8, 4) is 11.8 Å². The zero-order valence-corrected chi connectivity index (χ0v) is 20.3. The maximum Gasteiger partial charge on any atom is 0.272 e. The molecule has 3 fully saturated rings. The second kappa shape index (κ2) is 9.82. The molecule has 2 saturated carbocycles. The smallest absolute Gasteiger partial charge is 0.272 e. The van der Waals surface area contributed by atoms with Crippen LogP contribution < -0.4 is 15.0 Å². The molecule has 0 atom stereocenters. The van der Waals surface area contributed by atoms with Crippen LogP contribution in [0.1, 0.15) is 67.4 Å². The maximum absolute atomic E-state index is 12.7. The average molecular weight is 494 g/mol. The Hall–Kier alpha value is -3.18. The molecule has 1 aromatic heterocycles. The fourth-order valence-corrected chi connectivity index (χ4v) is 5.61. The minimum Gasteiger partial charge on any atom is -0.490 e. The van der Waals surface area contributed by atoms with E-state index in [0.29, 0.717) is 27.8 Å². The number of piperidine rings is 1. The number of carbonyl (C=O) groups is 2. The van der Waals surface area contributed by atoms with Gasteiger partial charge in [-0.1, -0.05) is 11.6 Å². The number of nitrogens with zero attached hydrogens (tertiary/aromatic N) is 4. The minimum atomic E-state index is -0.210. The van der Waals surface area contributed by atoms with Crippen LogP contribution in [-0.4, -0.2) is 47.1 Å². The average Bonchev–Trinajstić information content (AvgIpc) is 2.85. The first-order valence-electron chi connectivity index (χ1n) is 12.2. The Balaban J connectivity index is 1.08. The van der Waals surface area contributed by atoms with Crippen LogP contribution in [0.4, 0.5) is 5.82 Å². The summed E-state index contributed by atoms with van der Waals surface area (Å²) in [7, 11) is 0. The van der Waals surface area contributed by atoms with Crippen LogP contribution in [0.5, 0.6) is 5.75 Å². The largest absolute Gasteiger partial charge is 0.490 e. The number of ketones is 1. The molecule has 1 aromatic carbocycles. The Labute approximate surface area is 209 Å². The van der Waals surface area contributed by atoms with E-state index < -0.39 is 0 Å². The molecule has 5 rings (SSSR count). The van der Waals surface area contributed by atoms with Crippen LogP contribution in [-0.2, 0) is 4.79 Å². The van der Waals surface area contributed by atoms with Crippen LogP contribution in [0.3, 0.4) is 0 Å². The number of aromatic nitrogens is 2. The Kier molecular flexibility index (Phi) is 6.61. The van der Waals surface area contributed by atoms with Crippen LogP contribution in [0.25, 0.3) is 0 Å². The summed E-state index contributed by atoms with van der Waals surface area (Å²) in [6.45, 7) is 1.74. The molecule has 182 valence electrons. The minimum absolute atomic E-state index is 0.0490. The number of Topliss-reactive ketones (excluding diaryl/α,β-unsaturated/α-hetero) is 1. The summed E-state index contributed by atoms with van der Waals surface area (Å²) in [4.78, 5) is 26.3. The van der Waals surface area contributed by atoms with Crippen molar-refractivity contribution in [2.75, 3.05) is 18.0 Å². The Morgan fingerprint density at radius 3 is 2.46 bits per heavy atom. The van der Waals surface area contributed by atoms with Gasteiger partial charge in [0.25, 0.3) is 5.91 Å². The summed E-state index contributed by atoms with van der Waals surface area (Å²) in [5, 5.41) is 20.9. The normalized spacial score (nSPS) is 23.3. The van der Waals surface area contributed by atoms with E-state index in [9.17, 15) is 9.59 Å². The number of rotatable bonds is 5. The van der Waals surface area contributed by atoms with Gasteiger partial charge in [-0.2, -0.15) is 5.26 Å². The molecule has 2 aromatic rings. The molecule has 35 heavy (non-hydrogen) atoms. The highest BCUT2D eigenvalue weighted by atomic mass is 35.5. The molecule has 3 aliphatic rings. The summed E-state index contributed by atoms with van der Waals surface area (Å²) in [5.74, 6) is 1.60. The number of amides is 1. The standard InChI is InChI=1S/C26H28ClN5O3/c27-22-13-21(4-1-17(22)16-28)35-20-5-2-18(3-6-20)29-25(34)23-7-8-24(31-30-23)32-11-9-26(10-12-32)14-19(33)15-26/h1,4,7-8,13,18,20H,2-3,5-6,9-12,14-15H2,(H,29,34). The quantitative estimate of drug-likeness (QED) is 0.668. The summed E-state index contributed by atoms with van der Waals surface area (Å²) in [6, 6.07) is 10.8. The van der Waals surface area contributed by atoms with E-state index in [1.807, 2.05) is 12.1 Å². The van der Waals surface area contributed by atoms with E-state index in [0.717, 1.165) is 70.3 Å². The van der Waals surface area contributed by atoms with Gasteiger partial charge in [-0.05, 0) is 68.2 Å². The number of carbonyl (C=O) groups excluding carboxylic acids is 2. The highest BCUT2D eigenvalue weighted by Gasteiger charge is 2.45. The molecule has 1 spiro atoms. The molecule has 9 heteroatoms. The summed E-state index contributed by atoms with van der Waals surface area (Å²) in [5.41, 5.74) is 0.967. The molecule has 2 aliphatic carbocycles. The van der Waals surface area contributed by atoms with Crippen molar-refractivity contribution in [2.24, 2.45) is 5.41 Å². The predicted octanol–water partition coefficient (Wildman–Crippen LogP) is 4.07. The zero-order valence-electron chi connectivity index (χ0n) is 19.5.